The SMILES string of the molecule is C=C(CP(=O)(OCC)OCC)[C@@H]1CC[C@]2(C(=O)O)CC[C@]3(C)[C@H](CC[C@@H]4[C@@]5(C)CC[C@H](OC(=O)CC(C)(C)C(=O)O)C(C)(C)[C@@H]5CC[C@]43C)[C@@H]12. The van der Waals surface area contributed by atoms with Crippen molar-refractivity contribution in [2.24, 2.45) is 62.1 Å². The predicted octanol–water partition coefficient (Wildman–Crippen LogP) is 9.39. The minimum absolute atomic E-state index is 0.00264. The van der Waals surface area contributed by atoms with Crippen molar-refractivity contribution in [2.75, 3.05) is 19.4 Å². The number of rotatable bonds is 12. The van der Waals surface area contributed by atoms with Crippen LogP contribution in [-0.4, -0.2) is 53.6 Å². The molecule has 10 atom stereocenters. The molecule has 10 heteroatoms. The highest BCUT2D eigenvalue weighted by Gasteiger charge is 2.72. The van der Waals surface area contributed by atoms with Crippen molar-refractivity contribution in [1.82, 2.24) is 0 Å². The molecule has 0 bridgehead atoms. The molecule has 5 aliphatic carbocycles. The Hall–Kier alpha value is -1.70. The zero-order valence-corrected chi connectivity index (χ0v) is 33.2. The Balaban J connectivity index is 1.42. The Morgan fingerprint density at radius 2 is 1.46 bits per heavy atom. The third-order valence-corrected chi connectivity index (χ3v) is 17.9. The third kappa shape index (κ3) is 6.05. The van der Waals surface area contributed by atoms with Crippen LogP contribution in [0.1, 0.15) is 133 Å². The Labute approximate surface area is 300 Å². The third-order valence-electron chi connectivity index (χ3n) is 15.8. The van der Waals surface area contributed by atoms with E-state index in [-0.39, 0.29) is 71.3 Å². The zero-order valence-electron chi connectivity index (χ0n) is 32.3. The van der Waals surface area contributed by atoms with Crippen LogP contribution in [0, 0.1) is 62.1 Å². The van der Waals surface area contributed by atoms with Crippen molar-refractivity contribution in [3.05, 3.63) is 12.2 Å². The second-order valence-electron chi connectivity index (χ2n) is 18.8. The van der Waals surface area contributed by atoms with E-state index in [0.717, 1.165) is 56.9 Å². The highest BCUT2D eigenvalue weighted by atomic mass is 31.2. The van der Waals surface area contributed by atoms with Gasteiger partial charge in [0.2, 0.25) is 0 Å². The van der Waals surface area contributed by atoms with Gasteiger partial charge in [0.05, 0.1) is 36.6 Å². The molecule has 284 valence electrons. The van der Waals surface area contributed by atoms with Gasteiger partial charge in [-0.1, -0.05) is 46.8 Å². The molecule has 0 aromatic heterocycles. The first-order valence-corrected chi connectivity index (χ1v) is 21.0. The molecular formula is C40H65O9P. The number of carbonyl (C=O) groups is 3. The van der Waals surface area contributed by atoms with Crippen LogP contribution in [0.5, 0.6) is 0 Å². The Kier molecular flexibility index (Phi) is 10.5. The molecule has 2 N–H and O–H groups in total. The topological polar surface area (TPSA) is 136 Å². The van der Waals surface area contributed by atoms with Gasteiger partial charge in [0, 0.05) is 5.41 Å². The highest BCUT2D eigenvalue weighted by molar-refractivity contribution is 7.54. The van der Waals surface area contributed by atoms with E-state index in [1.54, 1.807) is 13.8 Å². The van der Waals surface area contributed by atoms with Crippen molar-refractivity contribution in [3.63, 3.8) is 0 Å². The van der Waals surface area contributed by atoms with Crippen molar-refractivity contribution in [3.8, 4) is 0 Å². The maximum absolute atomic E-state index is 13.7. The van der Waals surface area contributed by atoms with Crippen LogP contribution in [0.2, 0.25) is 0 Å². The van der Waals surface area contributed by atoms with Crippen LogP contribution in [-0.2, 0) is 32.7 Å². The van der Waals surface area contributed by atoms with Gasteiger partial charge in [-0.2, -0.15) is 0 Å². The number of carbonyl (C=O) groups excluding carboxylic acids is 1. The molecule has 0 saturated heterocycles. The van der Waals surface area contributed by atoms with E-state index in [4.69, 9.17) is 13.8 Å². The van der Waals surface area contributed by atoms with Crippen LogP contribution < -0.4 is 0 Å². The Bertz CT molecular complexity index is 1410. The molecule has 5 rings (SSSR count). The molecule has 0 radical (unpaired) electrons. The van der Waals surface area contributed by atoms with Gasteiger partial charge in [0.1, 0.15) is 6.10 Å². The van der Waals surface area contributed by atoms with Gasteiger partial charge in [-0.05, 0) is 138 Å². The largest absolute Gasteiger partial charge is 0.481 e. The van der Waals surface area contributed by atoms with E-state index in [0.29, 0.717) is 24.7 Å². The summed E-state index contributed by atoms with van der Waals surface area (Å²) in [5.41, 5.74) is -1.49. The summed E-state index contributed by atoms with van der Waals surface area (Å²) in [5.74, 6) is -1.29. The van der Waals surface area contributed by atoms with E-state index in [1.807, 2.05) is 13.8 Å². The molecule has 0 heterocycles. The summed E-state index contributed by atoms with van der Waals surface area (Å²) in [7, 11) is -3.38. The molecule has 5 aliphatic rings. The number of allylic oxidation sites excluding steroid dienone is 1. The molecule has 0 aromatic rings. The van der Waals surface area contributed by atoms with Crippen LogP contribution in [0.25, 0.3) is 0 Å². The average Bonchev–Trinajstić information content (AvgIpc) is 3.40. The summed E-state index contributed by atoms with van der Waals surface area (Å²) in [5, 5.41) is 20.5. The molecule has 5 fully saturated rings. The number of hydrogen-bond acceptors (Lipinski definition) is 7. The first-order chi connectivity index (χ1) is 23.1. The fourth-order valence-electron chi connectivity index (χ4n) is 13.1. The molecule has 0 amide bonds. The van der Waals surface area contributed by atoms with Crippen molar-refractivity contribution in [2.45, 2.75) is 139 Å². The number of esters is 1. The van der Waals surface area contributed by atoms with Gasteiger partial charge in [-0.3, -0.25) is 18.9 Å². The molecule has 9 nitrogen and oxygen atoms in total. The van der Waals surface area contributed by atoms with Gasteiger partial charge in [0.15, 0.2) is 0 Å². The first kappa shape index (κ1) is 39.5. The van der Waals surface area contributed by atoms with E-state index in [2.05, 4.69) is 41.2 Å². The lowest BCUT2D eigenvalue weighted by molar-refractivity contribution is -0.250. The average molecular weight is 721 g/mol. The van der Waals surface area contributed by atoms with Crippen LogP contribution in [0.3, 0.4) is 0 Å². The standard InChI is InChI=1S/C40H65O9P/c1-11-47-50(46,48-12-2)24-25(3)26-15-20-40(34(44)45)22-21-38(9)27(32(26)40)13-14-29-37(8)18-17-30(49-31(41)23-35(4,5)33(42)43)36(6,7)28(37)16-19-39(29,38)10/h26-30,32H,3,11-24H2,1-2,4-10H3,(H,42,43)(H,44,45)/t26-,27+,28-,29+,30-,32+,37-,38+,39+,40-/m0/s1. The van der Waals surface area contributed by atoms with Gasteiger partial charge in [-0.25, -0.2) is 0 Å². The lowest BCUT2D eigenvalue weighted by Gasteiger charge is -2.72. The highest BCUT2D eigenvalue weighted by Crippen LogP contribution is 2.78. The Morgan fingerprint density at radius 1 is 0.820 bits per heavy atom. The molecule has 0 unspecified atom stereocenters. The molecule has 0 aromatic carbocycles. The van der Waals surface area contributed by atoms with Crippen molar-refractivity contribution >= 4 is 25.5 Å². The predicted molar refractivity (Wildman–Crippen MR) is 193 cm³/mol. The van der Waals surface area contributed by atoms with Crippen molar-refractivity contribution in [1.29, 1.82) is 0 Å². The summed E-state index contributed by atoms with van der Waals surface area (Å²) in [6.45, 7) is 23.7. The fourth-order valence-corrected chi connectivity index (χ4v) is 14.9. The number of ether oxygens (including phenoxy) is 1. The van der Waals surface area contributed by atoms with Crippen LogP contribution in [0.15, 0.2) is 12.2 Å². The monoisotopic (exact) mass is 720 g/mol. The number of aliphatic carboxylic acids is 2. The van der Waals surface area contributed by atoms with E-state index in [9.17, 15) is 29.2 Å². The lowest BCUT2D eigenvalue weighted by Crippen LogP contribution is -2.67. The number of fused-ring (bicyclic) bond motifs is 7. The molecular weight excluding hydrogens is 655 g/mol. The maximum Gasteiger partial charge on any atom is 0.334 e. The second kappa shape index (κ2) is 13.3. The molecule has 0 aliphatic heterocycles. The lowest BCUT2D eigenvalue weighted by atomic mass is 9.32. The second-order valence-corrected chi connectivity index (χ2v) is 20.8. The number of carboxylic acid groups (broad SMARTS) is 2. The quantitative estimate of drug-likeness (QED) is 0.115. The summed E-state index contributed by atoms with van der Waals surface area (Å²) in [4.78, 5) is 38.0. The number of carboxylic acids is 2. The maximum atomic E-state index is 13.7. The van der Waals surface area contributed by atoms with Crippen molar-refractivity contribution < 1.29 is 42.9 Å². The van der Waals surface area contributed by atoms with Crippen LogP contribution >= 0.6 is 7.60 Å². The van der Waals surface area contributed by atoms with E-state index < -0.39 is 36.3 Å². The summed E-state index contributed by atoms with van der Waals surface area (Å²) in [6.07, 6.45) is 8.30. The molecule has 0 spiro atoms. The normalized spacial score (nSPS) is 40.8. The van der Waals surface area contributed by atoms with Gasteiger partial charge in [0.25, 0.3) is 0 Å². The smallest absolute Gasteiger partial charge is 0.334 e. The first-order valence-electron chi connectivity index (χ1n) is 19.3. The van der Waals surface area contributed by atoms with Gasteiger partial charge in [-0.15, -0.1) is 0 Å². The van der Waals surface area contributed by atoms with E-state index in [1.165, 1.54) is 0 Å². The zero-order chi connectivity index (χ0) is 37.3. The van der Waals surface area contributed by atoms with E-state index >= 15 is 0 Å². The van der Waals surface area contributed by atoms with Gasteiger partial charge >= 0.3 is 25.5 Å². The minimum atomic E-state index is -3.38. The summed E-state index contributed by atoms with van der Waals surface area (Å²) >= 11 is 0. The summed E-state index contributed by atoms with van der Waals surface area (Å²) < 4.78 is 31.1. The Morgan fingerprint density at radius 3 is 2.04 bits per heavy atom. The molecule has 5 saturated carbocycles. The number of hydrogen-bond donors (Lipinski definition) is 2. The summed E-state index contributed by atoms with van der Waals surface area (Å²) in [6, 6.07) is 0. The van der Waals surface area contributed by atoms with Gasteiger partial charge < -0.3 is 24.0 Å². The van der Waals surface area contributed by atoms with Crippen LogP contribution in [0.4, 0.5) is 0 Å². The fraction of sp³-hybridized carbons (Fsp3) is 0.875. The molecule has 50 heavy (non-hydrogen) atoms. The minimum Gasteiger partial charge on any atom is -0.481 e.